The molecule has 6 heteroatoms. The van der Waals surface area contributed by atoms with E-state index in [-0.39, 0.29) is 24.3 Å². The Balaban J connectivity index is 1.71. The molecule has 27 heavy (non-hydrogen) atoms. The number of furan rings is 1. The highest BCUT2D eigenvalue weighted by Crippen LogP contribution is 2.24. The molecule has 0 aliphatic heterocycles. The van der Waals surface area contributed by atoms with Crippen molar-refractivity contribution in [2.75, 3.05) is 11.9 Å². The third kappa shape index (κ3) is 4.84. The molecule has 0 unspecified atom stereocenters. The highest BCUT2D eigenvalue weighted by atomic mass is 35.5. The molecule has 1 heterocycles. The number of carbonyl (C=O) groups is 2. The van der Waals surface area contributed by atoms with Crippen molar-refractivity contribution in [1.29, 1.82) is 0 Å². The highest BCUT2D eigenvalue weighted by molar-refractivity contribution is 6.31. The zero-order valence-corrected chi connectivity index (χ0v) is 15.5. The number of benzene rings is 2. The van der Waals surface area contributed by atoms with Gasteiger partial charge in [0, 0.05) is 16.1 Å². The van der Waals surface area contributed by atoms with Crippen molar-refractivity contribution in [2.24, 2.45) is 0 Å². The lowest BCUT2D eigenvalue weighted by molar-refractivity contribution is -0.115. The maximum absolute atomic E-state index is 12.8. The topological polar surface area (TPSA) is 71.3 Å². The molecular weight excluding hydrogens is 364 g/mol. The molecule has 1 atom stereocenters. The smallest absolute Gasteiger partial charge is 0.238 e. The number of nitrogens with one attached hydrogen (secondary N) is 2. The summed E-state index contributed by atoms with van der Waals surface area (Å²) in [5.74, 6) is 0.275. The molecule has 0 aliphatic rings. The quantitative estimate of drug-likeness (QED) is 0.592. The van der Waals surface area contributed by atoms with Crippen LogP contribution in [-0.4, -0.2) is 18.2 Å². The van der Waals surface area contributed by atoms with Crippen LogP contribution in [0.4, 0.5) is 5.69 Å². The van der Waals surface area contributed by atoms with Gasteiger partial charge in [-0.1, -0.05) is 41.9 Å². The average Bonchev–Trinajstić information content (AvgIpc) is 3.22. The first kappa shape index (κ1) is 18.9. The predicted octanol–water partition coefficient (Wildman–Crippen LogP) is 4.45. The lowest BCUT2D eigenvalue weighted by Gasteiger charge is -2.14. The first-order valence-corrected chi connectivity index (χ1v) is 8.88. The van der Waals surface area contributed by atoms with Crippen LogP contribution in [-0.2, 0) is 4.79 Å². The van der Waals surface area contributed by atoms with Crippen molar-refractivity contribution >= 4 is 29.0 Å². The number of hydrogen-bond acceptors (Lipinski definition) is 4. The number of anilines is 1. The molecule has 0 aliphatic carbocycles. The van der Waals surface area contributed by atoms with Crippen molar-refractivity contribution in [1.82, 2.24) is 5.32 Å². The molecular formula is C21H19ClN2O3. The van der Waals surface area contributed by atoms with Gasteiger partial charge in [-0.2, -0.15) is 0 Å². The SMILES string of the molecule is C[C@H](NCC(=O)Nc1ccc(Cl)cc1C(=O)c1ccccc1)c1ccco1. The number of carbonyl (C=O) groups excluding carboxylic acids is 2. The largest absolute Gasteiger partial charge is 0.468 e. The van der Waals surface area contributed by atoms with Gasteiger partial charge in [0.2, 0.25) is 5.91 Å². The van der Waals surface area contributed by atoms with Gasteiger partial charge in [0.15, 0.2) is 5.78 Å². The van der Waals surface area contributed by atoms with Crippen molar-refractivity contribution in [3.05, 3.63) is 88.8 Å². The van der Waals surface area contributed by atoms with Crippen molar-refractivity contribution in [3.63, 3.8) is 0 Å². The Bertz CT molecular complexity index is 924. The van der Waals surface area contributed by atoms with E-state index in [0.29, 0.717) is 21.8 Å². The first-order chi connectivity index (χ1) is 13.0. The lowest BCUT2D eigenvalue weighted by atomic mass is 10.0. The van der Waals surface area contributed by atoms with Gasteiger partial charge in [-0.15, -0.1) is 0 Å². The Morgan fingerprint density at radius 1 is 1.07 bits per heavy atom. The van der Waals surface area contributed by atoms with E-state index >= 15 is 0 Å². The standard InChI is InChI=1S/C21H19ClN2O3/c1-14(19-8-5-11-27-19)23-13-20(25)24-18-10-9-16(22)12-17(18)21(26)15-6-3-2-4-7-15/h2-12,14,23H,13H2,1H3,(H,24,25)/t14-/m0/s1. The second kappa shape index (κ2) is 8.66. The molecule has 5 nitrogen and oxygen atoms in total. The fourth-order valence-corrected chi connectivity index (χ4v) is 2.81. The molecule has 2 N–H and O–H groups in total. The molecule has 0 saturated heterocycles. The third-order valence-corrected chi connectivity index (χ3v) is 4.31. The lowest BCUT2D eigenvalue weighted by Crippen LogP contribution is -2.30. The molecule has 1 amide bonds. The summed E-state index contributed by atoms with van der Waals surface area (Å²) in [4.78, 5) is 25.1. The zero-order chi connectivity index (χ0) is 19.2. The van der Waals surface area contributed by atoms with Gasteiger partial charge >= 0.3 is 0 Å². The van der Waals surface area contributed by atoms with Gasteiger partial charge in [0.1, 0.15) is 5.76 Å². The van der Waals surface area contributed by atoms with Gasteiger partial charge in [0.25, 0.3) is 0 Å². The molecule has 3 aromatic rings. The van der Waals surface area contributed by atoms with Gasteiger partial charge in [0.05, 0.1) is 24.5 Å². The van der Waals surface area contributed by atoms with Crippen LogP contribution in [0.25, 0.3) is 0 Å². The normalized spacial score (nSPS) is 11.8. The monoisotopic (exact) mass is 382 g/mol. The summed E-state index contributed by atoms with van der Waals surface area (Å²) in [6.07, 6.45) is 1.59. The van der Waals surface area contributed by atoms with E-state index in [0.717, 1.165) is 5.76 Å². The minimum atomic E-state index is -0.266. The minimum Gasteiger partial charge on any atom is -0.468 e. The van der Waals surface area contributed by atoms with Crippen LogP contribution in [0.3, 0.4) is 0 Å². The van der Waals surface area contributed by atoms with E-state index in [1.165, 1.54) is 0 Å². The van der Waals surface area contributed by atoms with Crippen molar-refractivity contribution in [2.45, 2.75) is 13.0 Å². The van der Waals surface area contributed by atoms with Crippen LogP contribution in [0.15, 0.2) is 71.3 Å². The van der Waals surface area contributed by atoms with Gasteiger partial charge in [-0.3, -0.25) is 14.9 Å². The van der Waals surface area contributed by atoms with E-state index in [9.17, 15) is 9.59 Å². The predicted molar refractivity (Wildman–Crippen MR) is 105 cm³/mol. The van der Waals surface area contributed by atoms with Crippen molar-refractivity contribution < 1.29 is 14.0 Å². The summed E-state index contributed by atoms with van der Waals surface area (Å²) in [7, 11) is 0. The Labute approximate surface area is 162 Å². The number of amides is 1. The molecule has 2 aromatic carbocycles. The van der Waals surface area contributed by atoms with Crippen LogP contribution >= 0.6 is 11.6 Å². The van der Waals surface area contributed by atoms with E-state index < -0.39 is 0 Å². The number of rotatable bonds is 7. The Morgan fingerprint density at radius 2 is 1.85 bits per heavy atom. The van der Waals surface area contributed by atoms with E-state index in [1.54, 1.807) is 54.8 Å². The molecule has 0 fully saturated rings. The molecule has 138 valence electrons. The van der Waals surface area contributed by atoms with E-state index in [1.807, 2.05) is 19.1 Å². The summed E-state index contributed by atoms with van der Waals surface area (Å²) in [5.41, 5.74) is 1.30. The molecule has 0 saturated carbocycles. The van der Waals surface area contributed by atoms with Crippen LogP contribution in [0.5, 0.6) is 0 Å². The summed E-state index contributed by atoms with van der Waals surface area (Å²) in [6.45, 7) is 1.97. The second-order valence-electron chi connectivity index (χ2n) is 6.05. The van der Waals surface area contributed by atoms with Gasteiger partial charge in [-0.25, -0.2) is 0 Å². The average molecular weight is 383 g/mol. The number of halogens is 1. The van der Waals surface area contributed by atoms with Crippen LogP contribution in [0, 0.1) is 0 Å². The van der Waals surface area contributed by atoms with E-state index in [4.69, 9.17) is 16.0 Å². The molecule has 3 rings (SSSR count). The number of hydrogen-bond donors (Lipinski definition) is 2. The first-order valence-electron chi connectivity index (χ1n) is 8.50. The Hall–Kier alpha value is -2.89. The maximum atomic E-state index is 12.8. The van der Waals surface area contributed by atoms with Crippen LogP contribution < -0.4 is 10.6 Å². The van der Waals surface area contributed by atoms with Crippen molar-refractivity contribution in [3.8, 4) is 0 Å². The van der Waals surface area contributed by atoms with Crippen LogP contribution in [0.1, 0.15) is 34.6 Å². The van der Waals surface area contributed by atoms with Gasteiger partial charge in [-0.05, 0) is 37.3 Å². The minimum absolute atomic E-state index is 0.0729. The Morgan fingerprint density at radius 3 is 2.56 bits per heavy atom. The molecule has 1 aromatic heterocycles. The fourth-order valence-electron chi connectivity index (χ4n) is 2.64. The zero-order valence-electron chi connectivity index (χ0n) is 14.7. The fraction of sp³-hybridized carbons (Fsp3) is 0.143. The maximum Gasteiger partial charge on any atom is 0.238 e. The highest BCUT2D eigenvalue weighted by Gasteiger charge is 2.16. The molecule has 0 bridgehead atoms. The van der Waals surface area contributed by atoms with Crippen LogP contribution in [0.2, 0.25) is 5.02 Å². The third-order valence-electron chi connectivity index (χ3n) is 4.08. The number of ketones is 1. The summed E-state index contributed by atoms with van der Waals surface area (Å²) < 4.78 is 5.31. The molecule has 0 radical (unpaired) electrons. The molecule has 0 spiro atoms. The summed E-state index contributed by atoms with van der Waals surface area (Å²) in [5, 5.41) is 6.29. The summed E-state index contributed by atoms with van der Waals surface area (Å²) in [6, 6.07) is 17.2. The Kier molecular flexibility index (Phi) is 6.06. The van der Waals surface area contributed by atoms with Gasteiger partial charge < -0.3 is 9.73 Å². The second-order valence-corrected chi connectivity index (χ2v) is 6.49. The summed E-state index contributed by atoms with van der Waals surface area (Å²) >= 11 is 6.06. The van der Waals surface area contributed by atoms with E-state index in [2.05, 4.69) is 10.6 Å².